The summed E-state index contributed by atoms with van der Waals surface area (Å²) >= 11 is 0. The number of aliphatic hydroxyl groups excluding tert-OH is 1. The summed E-state index contributed by atoms with van der Waals surface area (Å²) in [5.41, 5.74) is 1.85. The predicted molar refractivity (Wildman–Crippen MR) is 90.6 cm³/mol. The molecule has 0 radical (unpaired) electrons. The summed E-state index contributed by atoms with van der Waals surface area (Å²) in [5, 5.41) is 14.2. The van der Waals surface area contributed by atoms with E-state index in [4.69, 9.17) is 9.15 Å². The SMILES string of the molecule is COc1cccc(C(CO)NC(C)c2cc3ccccc3o2)c1. The Balaban J connectivity index is 1.80. The molecule has 4 nitrogen and oxygen atoms in total. The van der Waals surface area contributed by atoms with Crippen LogP contribution in [0, 0.1) is 0 Å². The summed E-state index contributed by atoms with van der Waals surface area (Å²) in [4.78, 5) is 0. The average molecular weight is 311 g/mol. The van der Waals surface area contributed by atoms with Crippen molar-refractivity contribution in [2.24, 2.45) is 0 Å². The number of hydrogen-bond donors (Lipinski definition) is 2. The van der Waals surface area contributed by atoms with E-state index < -0.39 is 0 Å². The maximum atomic E-state index is 9.74. The van der Waals surface area contributed by atoms with Gasteiger partial charge in [0.15, 0.2) is 0 Å². The van der Waals surface area contributed by atoms with Gasteiger partial charge in [-0.15, -0.1) is 0 Å². The smallest absolute Gasteiger partial charge is 0.134 e. The summed E-state index contributed by atoms with van der Waals surface area (Å²) < 4.78 is 11.1. The van der Waals surface area contributed by atoms with Gasteiger partial charge in [0, 0.05) is 5.39 Å². The molecule has 0 bridgehead atoms. The third-order valence-electron chi connectivity index (χ3n) is 4.00. The summed E-state index contributed by atoms with van der Waals surface area (Å²) in [7, 11) is 1.64. The first-order valence-corrected chi connectivity index (χ1v) is 7.70. The van der Waals surface area contributed by atoms with Gasteiger partial charge >= 0.3 is 0 Å². The molecule has 2 unspecified atom stereocenters. The van der Waals surface area contributed by atoms with E-state index in [0.717, 1.165) is 28.0 Å². The molecule has 2 aromatic carbocycles. The predicted octanol–water partition coefficient (Wildman–Crippen LogP) is 3.83. The Morgan fingerprint density at radius 2 is 1.96 bits per heavy atom. The fourth-order valence-electron chi connectivity index (χ4n) is 2.71. The number of methoxy groups -OCH3 is 1. The van der Waals surface area contributed by atoms with Crippen LogP contribution in [0.1, 0.15) is 30.3 Å². The normalized spacial score (nSPS) is 13.9. The van der Waals surface area contributed by atoms with Crippen LogP contribution in [0.5, 0.6) is 5.75 Å². The van der Waals surface area contributed by atoms with E-state index >= 15 is 0 Å². The minimum Gasteiger partial charge on any atom is -0.497 e. The zero-order chi connectivity index (χ0) is 16.2. The highest BCUT2D eigenvalue weighted by atomic mass is 16.5. The topological polar surface area (TPSA) is 54.6 Å². The van der Waals surface area contributed by atoms with Gasteiger partial charge in [-0.05, 0) is 36.8 Å². The number of aliphatic hydroxyl groups is 1. The molecule has 0 amide bonds. The first-order chi connectivity index (χ1) is 11.2. The van der Waals surface area contributed by atoms with Crippen LogP contribution in [-0.4, -0.2) is 18.8 Å². The summed E-state index contributed by atoms with van der Waals surface area (Å²) in [6, 6.07) is 17.5. The van der Waals surface area contributed by atoms with Gasteiger partial charge in [0.25, 0.3) is 0 Å². The van der Waals surface area contributed by atoms with Crippen molar-refractivity contribution in [3.8, 4) is 5.75 Å². The van der Waals surface area contributed by atoms with Gasteiger partial charge in [0.05, 0.1) is 25.8 Å². The van der Waals surface area contributed by atoms with Crippen molar-refractivity contribution in [1.29, 1.82) is 0 Å². The van der Waals surface area contributed by atoms with E-state index in [-0.39, 0.29) is 18.7 Å². The number of furan rings is 1. The van der Waals surface area contributed by atoms with E-state index in [0.29, 0.717) is 0 Å². The Labute approximate surface area is 135 Å². The molecular weight excluding hydrogens is 290 g/mol. The Morgan fingerprint density at radius 1 is 1.13 bits per heavy atom. The number of ether oxygens (including phenoxy) is 1. The fourth-order valence-corrected chi connectivity index (χ4v) is 2.71. The molecule has 1 heterocycles. The monoisotopic (exact) mass is 311 g/mol. The molecule has 120 valence electrons. The van der Waals surface area contributed by atoms with Crippen LogP contribution in [0.15, 0.2) is 59.0 Å². The molecule has 2 atom stereocenters. The van der Waals surface area contributed by atoms with Crippen LogP contribution in [0.4, 0.5) is 0 Å². The summed E-state index contributed by atoms with van der Waals surface area (Å²) in [6.45, 7) is 2.03. The first kappa shape index (κ1) is 15.6. The van der Waals surface area contributed by atoms with E-state index in [9.17, 15) is 5.11 Å². The van der Waals surface area contributed by atoms with Gasteiger partial charge in [-0.2, -0.15) is 0 Å². The molecule has 0 fully saturated rings. The molecule has 0 aliphatic rings. The number of para-hydroxylation sites is 1. The minimum absolute atomic E-state index is 0.00225. The Hall–Kier alpha value is -2.30. The number of nitrogens with one attached hydrogen (secondary N) is 1. The lowest BCUT2D eigenvalue weighted by molar-refractivity contribution is 0.231. The highest BCUT2D eigenvalue weighted by molar-refractivity contribution is 5.77. The molecule has 2 N–H and O–H groups in total. The molecule has 0 saturated heterocycles. The van der Waals surface area contributed by atoms with Gasteiger partial charge in [0.2, 0.25) is 0 Å². The molecule has 0 aliphatic heterocycles. The van der Waals surface area contributed by atoms with Crippen LogP contribution in [0.2, 0.25) is 0 Å². The zero-order valence-corrected chi connectivity index (χ0v) is 13.3. The largest absolute Gasteiger partial charge is 0.497 e. The van der Waals surface area contributed by atoms with E-state index in [2.05, 4.69) is 5.32 Å². The molecule has 23 heavy (non-hydrogen) atoms. The minimum atomic E-state index is -0.187. The molecule has 0 saturated carbocycles. The summed E-state index contributed by atoms with van der Waals surface area (Å²) in [6.07, 6.45) is 0. The quantitative estimate of drug-likeness (QED) is 0.726. The highest BCUT2D eigenvalue weighted by Gasteiger charge is 2.18. The molecule has 3 rings (SSSR count). The molecule has 3 aromatic rings. The second-order valence-corrected chi connectivity index (χ2v) is 5.59. The molecule has 0 aliphatic carbocycles. The third kappa shape index (κ3) is 3.38. The molecule has 1 aromatic heterocycles. The number of rotatable bonds is 6. The van der Waals surface area contributed by atoms with Crippen LogP contribution >= 0.6 is 0 Å². The van der Waals surface area contributed by atoms with Crippen molar-refractivity contribution >= 4 is 11.0 Å². The molecule has 0 spiro atoms. The van der Waals surface area contributed by atoms with Crippen LogP contribution in [-0.2, 0) is 0 Å². The maximum absolute atomic E-state index is 9.74. The second-order valence-electron chi connectivity index (χ2n) is 5.59. The van der Waals surface area contributed by atoms with Gasteiger partial charge < -0.3 is 14.3 Å². The van der Waals surface area contributed by atoms with Gasteiger partial charge in [0.1, 0.15) is 17.1 Å². The highest BCUT2D eigenvalue weighted by Crippen LogP contribution is 2.26. The number of benzene rings is 2. The lowest BCUT2D eigenvalue weighted by atomic mass is 10.1. The van der Waals surface area contributed by atoms with Crippen molar-refractivity contribution in [2.75, 3.05) is 13.7 Å². The van der Waals surface area contributed by atoms with Crippen LogP contribution < -0.4 is 10.1 Å². The average Bonchev–Trinajstić information content (AvgIpc) is 3.03. The Kier molecular flexibility index (Phi) is 4.65. The van der Waals surface area contributed by atoms with E-state index in [1.807, 2.05) is 61.5 Å². The van der Waals surface area contributed by atoms with Gasteiger partial charge in [-0.1, -0.05) is 30.3 Å². The van der Waals surface area contributed by atoms with Gasteiger partial charge in [-0.3, -0.25) is 5.32 Å². The third-order valence-corrected chi connectivity index (χ3v) is 4.00. The number of hydrogen-bond acceptors (Lipinski definition) is 4. The lowest BCUT2D eigenvalue weighted by Crippen LogP contribution is -2.27. The maximum Gasteiger partial charge on any atom is 0.134 e. The van der Waals surface area contributed by atoms with Crippen molar-refractivity contribution in [3.63, 3.8) is 0 Å². The molecular formula is C19H21NO3. The standard InChI is InChI=1S/C19H21NO3/c1-13(19-11-15-6-3-4-9-18(15)23-19)20-17(12-21)14-7-5-8-16(10-14)22-2/h3-11,13,17,20-21H,12H2,1-2H3. The van der Waals surface area contributed by atoms with Crippen molar-refractivity contribution in [3.05, 3.63) is 65.9 Å². The van der Waals surface area contributed by atoms with Crippen molar-refractivity contribution in [2.45, 2.75) is 19.0 Å². The Morgan fingerprint density at radius 3 is 2.70 bits per heavy atom. The van der Waals surface area contributed by atoms with E-state index in [1.165, 1.54) is 0 Å². The second kappa shape index (κ2) is 6.86. The number of fused-ring (bicyclic) bond motifs is 1. The van der Waals surface area contributed by atoms with Crippen LogP contribution in [0.25, 0.3) is 11.0 Å². The van der Waals surface area contributed by atoms with Gasteiger partial charge in [-0.25, -0.2) is 0 Å². The van der Waals surface area contributed by atoms with Crippen molar-refractivity contribution < 1.29 is 14.3 Å². The van der Waals surface area contributed by atoms with Crippen LogP contribution in [0.3, 0.4) is 0 Å². The summed E-state index contributed by atoms with van der Waals surface area (Å²) in [5.74, 6) is 1.63. The molecule has 4 heteroatoms. The zero-order valence-electron chi connectivity index (χ0n) is 13.3. The van der Waals surface area contributed by atoms with E-state index in [1.54, 1.807) is 7.11 Å². The Bertz CT molecular complexity index is 748. The lowest BCUT2D eigenvalue weighted by Gasteiger charge is -2.21. The van der Waals surface area contributed by atoms with Crippen molar-refractivity contribution in [1.82, 2.24) is 5.32 Å². The fraction of sp³-hybridized carbons (Fsp3) is 0.263. The first-order valence-electron chi connectivity index (χ1n) is 7.70.